The lowest BCUT2D eigenvalue weighted by Crippen LogP contribution is -2.15. The first-order valence-corrected chi connectivity index (χ1v) is 10.7. The number of aromatic nitrogens is 3. The van der Waals surface area contributed by atoms with Crippen LogP contribution in [0.1, 0.15) is 31.3 Å². The molecule has 158 valence electrons. The van der Waals surface area contributed by atoms with E-state index in [0.717, 1.165) is 12.2 Å². The Hall–Kier alpha value is -3.00. The molecule has 0 aliphatic carbocycles. The summed E-state index contributed by atoms with van der Waals surface area (Å²) in [6.07, 6.45) is 0.719. The fourth-order valence-corrected chi connectivity index (χ4v) is 3.65. The Bertz CT molecular complexity index is 988. The molecular weight excluding hydrogens is 400 g/mol. The van der Waals surface area contributed by atoms with E-state index < -0.39 is 0 Å². The zero-order chi connectivity index (χ0) is 21.5. The van der Waals surface area contributed by atoms with Gasteiger partial charge in [0.2, 0.25) is 5.91 Å². The first-order chi connectivity index (χ1) is 14.5. The number of nitrogens with one attached hydrogen (secondary N) is 1. The molecule has 0 saturated carbocycles. The first-order valence-electron chi connectivity index (χ1n) is 9.72. The summed E-state index contributed by atoms with van der Waals surface area (Å²) in [5.74, 6) is 2.16. The van der Waals surface area contributed by atoms with Crippen LogP contribution in [0.15, 0.2) is 53.7 Å². The van der Waals surface area contributed by atoms with Crippen molar-refractivity contribution >= 4 is 23.4 Å². The minimum Gasteiger partial charge on any atom is -0.495 e. The van der Waals surface area contributed by atoms with Crippen molar-refractivity contribution in [3.63, 3.8) is 0 Å². The number of hydrogen-bond donors (Lipinski definition) is 1. The number of carbonyl (C=O) groups excluding carboxylic acids is 1. The molecule has 30 heavy (non-hydrogen) atoms. The maximum Gasteiger partial charge on any atom is 0.234 e. The lowest BCUT2D eigenvalue weighted by molar-refractivity contribution is -0.113. The highest BCUT2D eigenvalue weighted by molar-refractivity contribution is 7.99. The van der Waals surface area contributed by atoms with Gasteiger partial charge in [0.15, 0.2) is 17.1 Å². The lowest BCUT2D eigenvalue weighted by atomic mass is 10.2. The predicted octanol–water partition coefficient (Wildman–Crippen LogP) is 4.26. The predicted molar refractivity (Wildman–Crippen MR) is 118 cm³/mol. The highest BCUT2D eigenvalue weighted by Crippen LogP contribution is 2.26. The summed E-state index contributed by atoms with van der Waals surface area (Å²) in [5.41, 5.74) is 1.90. The van der Waals surface area contributed by atoms with E-state index in [1.54, 1.807) is 19.2 Å². The number of benzene rings is 2. The van der Waals surface area contributed by atoms with Gasteiger partial charge in [-0.25, -0.2) is 0 Å². The molecule has 1 amide bonds. The minimum atomic E-state index is -0.272. The Morgan fingerprint density at radius 1 is 1.17 bits per heavy atom. The van der Waals surface area contributed by atoms with Crippen molar-refractivity contribution in [2.75, 3.05) is 18.2 Å². The molecule has 3 aromatic rings. The van der Waals surface area contributed by atoms with E-state index >= 15 is 0 Å². The second kappa shape index (κ2) is 10.2. The van der Waals surface area contributed by atoms with E-state index in [0.29, 0.717) is 22.4 Å². The van der Waals surface area contributed by atoms with Gasteiger partial charge in [-0.1, -0.05) is 43.0 Å². The molecule has 0 unspecified atom stereocenters. The van der Waals surface area contributed by atoms with Gasteiger partial charge in [-0.05, 0) is 43.2 Å². The summed E-state index contributed by atoms with van der Waals surface area (Å²) in [7, 11) is 3.44. The maximum absolute atomic E-state index is 12.3. The van der Waals surface area contributed by atoms with Crippen LogP contribution in [0.5, 0.6) is 11.5 Å². The van der Waals surface area contributed by atoms with Crippen LogP contribution in [-0.2, 0) is 18.3 Å². The molecule has 0 fully saturated rings. The van der Waals surface area contributed by atoms with E-state index in [1.165, 1.54) is 17.3 Å². The van der Waals surface area contributed by atoms with Crippen LogP contribution in [0, 0.1) is 0 Å². The van der Waals surface area contributed by atoms with Crippen molar-refractivity contribution in [2.24, 2.45) is 7.05 Å². The van der Waals surface area contributed by atoms with Gasteiger partial charge < -0.3 is 19.4 Å². The standard InChI is InChI=1S/C22H26N4O3S/c1-5-16-10-12-17(13-11-16)29-15(2)21-24-25-22(26(21)3)30-14-20(27)23-18-8-6-7-9-19(18)28-4/h6-13,15H,5,14H2,1-4H3,(H,23,27)/t15-/m1/s1. The average molecular weight is 427 g/mol. The molecule has 7 nitrogen and oxygen atoms in total. The monoisotopic (exact) mass is 426 g/mol. The lowest BCUT2D eigenvalue weighted by Gasteiger charge is -2.14. The topological polar surface area (TPSA) is 78.3 Å². The molecule has 0 bridgehead atoms. The molecule has 0 spiro atoms. The Morgan fingerprint density at radius 2 is 1.90 bits per heavy atom. The van der Waals surface area contributed by atoms with Gasteiger partial charge >= 0.3 is 0 Å². The number of nitrogens with zero attached hydrogens (tertiary/aromatic N) is 3. The Kier molecular flexibility index (Phi) is 7.35. The number of hydrogen-bond acceptors (Lipinski definition) is 6. The van der Waals surface area contributed by atoms with Crippen LogP contribution in [0.2, 0.25) is 0 Å². The number of ether oxygens (including phenoxy) is 2. The molecule has 1 atom stereocenters. The molecule has 3 rings (SSSR count). The smallest absolute Gasteiger partial charge is 0.234 e. The molecular formula is C22H26N4O3S. The maximum atomic E-state index is 12.3. The molecule has 8 heteroatoms. The number of para-hydroxylation sites is 2. The quantitative estimate of drug-likeness (QED) is 0.515. The van der Waals surface area contributed by atoms with E-state index in [1.807, 2.05) is 42.8 Å². The Morgan fingerprint density at radius 3 is 2.60 bits per heavy atom. The fraction of sp³-hybridized carbons (Fsp3) is 0.318. The summed E-state index contributed by atoms with van der Waals surface area (Å²) in [6.45, 7) is 4.05. The number of anilines is 1. The Balaban J connectivity index is 1.58. The highest BCUT2D eigenvalue weighted by atomic mass is 32.2. The van der Waals surface area contributed by atoms with E-state index in [2.05, 4.69) is 34.6 Å². The number of methoxy groups -OCH3 is 1. The van der Waals surface area contributed by atoms with Crippen molar-refractivity contribution < 1.29 is 14.3 Å². The number of thioether (sulfide) groups is 1. The second-order valence-corrected chi connectivity index (χ2v) is 7.64. The number of carbonyl (C=O) groups is 1. The number of aryl methyl sites for hydroxylation is 1. The molecule has 1 heterocycles. The summed E-state index contributed by atoms with van der Waals surface area (Å²) < 4.78 is 13.1. The fourth-order valence-electron chi connectivity index (χ4n) is 2.93. The zero-order valence-electron chi connectivity index (χ0n) is 17.6. The largest absolute Gasteiger partial charge is 0.495 e. The number of rotatable bonds is 9. The molecule has 2 aromatic carbocycles. The van der Waals surface area contributed by atoms with Gasteiger partial charge in [0.1, 0.15) is 11.5 Å². The Labute approximate surface area is 180 Å². The minimum absolute atomic E-state index is 0.144. The second-order valence-electron chi connectivity index (χ2n) is 6.69. The molecule has 1 aromatic heterocycles. The molecule has 0 saturated heterocycles. The third-order valence-electron chi connectivity index (χ3n) is 4.59. The SMILES string of the molecule is CCc1ccc(O[C@H](C)c2nnc(SCC(=O)Nc3ccccc3OC)n2C)cc1. The third-order valence-corrected chi connectivity index (χ3v) is 5.61. The van der Waals surface area contributed by atoms with E-state index in [9.17, 15) is 4.79 Å². The van der Waals surface area contributed by atoms with Crippen LogP contribution in [0.4, 0.5) is 5.69 Å². The van der Waals surface area contributed by atoms with Gasteiger partial charge in [-0.2, -0.15) is 0 Å². The van der Waals surface area contributed by atoms with Crippen molar-refractivity contribution in [3.8, 4) is 11.5 Å². The summed E-state index contributed by atoms with van der Waals surface area (Å²) in [4.78, 5) is 12.3. The number of amides is 1. The van der Waals surface area contributed by atoms with E-state index in [4.69, 9.17) is 9.47 Å². The van der Waals surface area contributed by atoms with Crippen molar-refractivity contribution in [1.82, 2.24) is 14.8 Å². The van der Waals surface area contributed by atoms with Crippen molar-refractivity contribution in [2.45, 2.75) is 31.5 Å². The van der Waals surface area contributed by atoms with Gasteiger partial charge in [0.05, 0.1) is 18.6 Å². The van der Waals surface area contributed by atoms with Crippen molar-refractivity contribution in [3.05, 3.63) is 59.9 Å². The summed E-state index contributed by atoms with van der Waals surface area (Å²) >= 11 is 1.32. The molecule has 1 N–H and O–H groups in total. The van der Waals surface area contributed by atoms with Crippen LogP contribution in [0.25, 0.3) is 0 Å². The van der Waals surface area contributed by atoms with Gasteiger partial charge in [0.25, 0.3) is 0 Å². The van der Waals surface area contributed by atoms with Gasteiger partial charge in [-0.15, -0.1) is 10.2 Å². The average Bonchev–Trinajstić information content (AvgIpc) is 3.13. The zero-order valence-corrected chi connectivity index (χ0v) is 18.4. The summed E-state index contributed by atoms with van der Waals surface area (Å²) in [6, 6.07) is 15.3. The van der Waals surface area contributed by atoms with Crippen LogP contribution >= 0.6 is 11.8 Å². The van der Waals surface area contributed by atoms with Crippen LogP contribution < -0.4 is 14.8 Å². The van der Waals surface area contributed by atoms with Gasteiger partial charge in [0, 0.05) is 7.05 Å². The molecule has 0 aliphatic heterocycles. The first kappa shape index (κ1) is 21.7. The van der Waals surface area contributed by atoms with Crippen LogP contribution in [-0.4, -0.2) is 33.5 Å². The van der Waals surface area contributed by atoms with Gasteiger partial charge in [-0.3, -0.25) is 4.79 Å². The van der Waals surface area contributed by atoms with Crippen LogP contribution in [0.3, 0.4) is 0 Å². The van der Waals surface area contributed by atoms with Crippen molar-refractivity contribution in [1.29, 1.82) is 0 Å². The molecule has 0 radical (unpaired) electrons. The highest BCUT2D eigenvalue weighted by Gasteiger charge is 2.18. The van der Waals surface area contributed by atoms with E-state index in [-0.39, 0.29) is 17.8 Å². The normalized spacial score (nSPS) is 11.7. The third kappa shape index (κ3) is 5.33. The molecule has 0 aliphatic rings. The summed E-state index contributed by atoms with van der Waals surface area (Å²) in [5, 5.41) is 12.0.